The first kappa shape index (κ1) is 14.4. The van der Waals surface area contributed by atoms with Crippen molar-refractivity contribution in [3.63, 3.8) is 0 Å². The third kappa shape index (κ3) is 3.28. The van der Waals surface area contributed by atoms with Crippen molar-refractivity contribution >= 4 is 23.1 Å². The number of hydrogen-bond acceptors (Lipinski definition) is 4. The van der Waals surface area contributed by atoms with E-state index >= 15 is 0 Å². The molecule has 0 bridgehead atoms. The van der Waals surface area contributed by atoms with Gasteiger partial charge in [0.2, 0.25) is 0 Å². The van der Waals surface area contributed by atoms with Gasteiger partial charge in [-0.3, -0.25) is 0 Å². The molecule has 1 N–H and O–H groups in total. The summed E-state index contributed by atoms with van der Waals surface area (Å²) in [6.45, 7) is 8.70. The molecule has 1 saturated carbocycles. The van der Waals surface area contributed by atoms with Crippen LogP contribution in [0.4, 0.5) is 0 Å². The third-order valence-electron chi connectivity index (χ3n) is 3.74. The quantitative estimate of drug-likeness (QED) is 0.890. The number of nitrogens with zero attached hydrogens (tertiary/aromatic N) is 1. The van der Waals surface area contributed by atoms with E-state index in [0.29, 0.717) is 4.75 Å². The van der Waals surface area contributed by atoms with E-state index in [-0.39, 0.29) is 5.41 Å². The van der Waals surface area contributed by atoms with Crippen LogP contribution in [0.15, 0.2) is 5.38 Å². The Hall–Kier alpha value is -0.0600. The molecule has 2 rings (SSSR count). The molecule has 0 atom stereocenters. The summed E-state index contributed by atoms with van der Waals surface area (Å²) in [5.74, 6) is 0. The Morgan fingerprint density at radius 3 is 2.61 bits per heavy atom. The van der Waals surface area contributed by atoms with Crippen LogP contribution in [0, 0.1) is 0 Å². The van der Waals surface area contributed by atoms with Gasteiger partial charge in [0, 0.05) is 28.6 Å². The molecule has 1 aliphatic carbocycles. The Labute approximate surface area is 119 Å². The predicted molar refractivity (Wildman–Crippen MR) is 82.6 cm³/mol. The summed E-state index contributed by atoms with van der Waals surface area (Å²) < 4.78 is 0.518. The highest BCUT2D eigenvalue weighted by molar-refractivity contribution is 8.00. The molecular formula is C14H24N2S2. The maximum atomic E-state index is 4.72. The van der Waals surface area contributed by atoms with Crippen LogP contribution in [0.2, 0.25) is 0 Å². The van der Waals surface area contributed by atoms with Gasteiger partial charge in [-0.25, -0.2) is 4.98 Å². The first-order chi connectivity index (χ1) is 8.45. The molecule has 0 saturated heterocycles. The van der Waals surface area contributed by atoms with Crippen molar-refractivity contribution in [1.82, 2.24) is 10.3 Å². The summed E-state index contributed by atoms with van der Waals surface area (Å²) in [6, 6.07) is 0. The molecule has 102 valence electrons. The highest BCUT2D eigenvalue weighted by atomic mass is 32.2. The number of thioether (sulfide) groups is 1. The molecule has 2 nitrogen and oxygen atoms in total. The molecule has 1 aromatic heterocycles. The Morgan fingerprint density at radius 1 is 1.44 bits per heavy atom. The van der Waals surface area contributed by atoms with Crippen molar-refractivity contribution < 1.29 is 0 Å². The Bertz CT molecular complexity index is 383. The van der Waals surface area contributed by atoms with Crippen molar-refractivity contribution in [3.8, 4) is 0 Å². The minimum atomic E-state index is 0.170. The first-order valence-corrected chi connectivity index (χ1v) is 8.76. The fourth-order valence-electron chi connectivity index (χ4n) is 2.16. The lowest BCUT2D eigenvalue weighted by atomic mass is 9.84. The minimum absolute atomic E-state index is 0.170. The average molecular weight is 284 g/mol. The summed E-state index contributed by atoms with van der Waals surface area (Å²) in [5, 5.41) is 7.00. The molecule has 0 radical (unpaired) electrons. The van der Waals surface area contributed by atoms with Crippen LogP contribution in [0.5, 0.6) is 0 Å². The molecule has 18 heavy (non-hydrogen) atoms. The second-order valence-corrected chi connectivity index (χ2v) is 8.44. The van der Waals surface area contributed by atoms with Gasteiger partial charge in [-0.05, 0) is 19.1 Å². The zero-order chi connectivity index (χ0) is 13.2. The van der Waals surface area contributed by atoms with E-state index in [1.165, 1.54) is 30.0 Å². The molecule has 0 unspecified atom stereocenters. The lowest BCUT2D eigenvalue weighted by molar-refractivity contribution is 0.345. The van der Waals surface area contributed by atoms with E-state index in [2.05, 4.69) is 37.7 Å². The van der Waals surface area contributed by atoms with Gasteiger partial charge in [-0.15, -0.1) is 11.3 Å². The zero-order valence-electron chi connectivity index (χ0n) is 11.9. The van der Waals surface area contributed by atoms with Gasteiger partial charge in [0.25, 0.3) is 0 Å². The normalized spacial score (nSPS) is 18.7. The molecule has 0 amide bonds. The molecule has 0 aromatic carbocycles. The Balaban J connectivity index is 1.82. The molecule has 0 aliphatic heterocycles. The van der Waals surface area contributed by atoms with Gasteiger partial charge < -0.3 is 5.32 Å². The largest absolute Gasteiger partial charge is 0.309 e. The number of hydrogen-bond donors (Lipinski definition) is 1. The lowest BCUT2D eigenvalue weighted by Crippen LogP contribution is -2.43. The summed E-state index contributed by atoms with van der Waals surface area (Å²) in [6.07, 6.45) is 6.37. The van der Waals surface area contributed by atoms with E-state index in [4.69, 9.17) is 4.98 Å². The van der Waals surface area contributed by atoms with Gasteiger partial charge in [-0.1, -0.05) is 27.2 Å². The number of thiazole rings is 1. The monoisotopic (exact) mass is 284 g/mol. The second kappa shape index (κ2) is 5.51. The summed E-state index contributed by atoms with van der Waals surface area (Å²) >= 11 is 3.80. The van der Waals surface area contributed by atoms with Crippen LogP contribution in [0.3, 0.4) is 0 Å². The maximum Gasteiger partial charge on any atom is 0.107 e. The van der Waals surface area contributed by atoms with E-state index < -0.39 is 0 Å². The topological polar surface area (TPSA) is 24.9 Å². The molecule has 0 spiro atoms. The first-order valence-electron chi connectivity index (χ1n) is 6.66. The number of rotatable bonds is 5. The standard InChI is InChI=1S/C14H24N2S2/c1-13(2,3)11-9-18-12(16-11)8-15-10-14(17-4)6-5-7-14/h9,15H,5-8,10H2,1-4H3. The van der Waals surface area contributed by atoms with Crippen LogP contribution in [0.1, 0.15) is 50.7 Å². The van der Waals surface area contributed by atoms with Gasteiger partial charge in [0.15, 0.2) is 0 Å². The van der Waals surface area contributed by atoms with Gasteiger partial charge in [-0.2, -0.15) is 11.8 Å². The molecule has 1 aromatic rings. The average Bonchev–Trinajstić information content (AvgIpc) is 2.70. The molecule has 1 heterocycles. The van der Waals surface area contributed by atoms with Crippen molar-refractivity contribution in [2.75, 3.05) is 12.8 Å². The fourth-order valence-corrected chi connectivity index (χ4v) is 4.09. The van der Waals surface area contributed by atoms with Crippen molar-refractivity contribution in [2.45, 2.75) is 56.7 Å². The van der Waals surface area contributed by atoms with E-state index in [1.54, 1.807) is 11.3 Å². The predicted octanol–water partition coefficient (Wildman–Crippen LogP) is 3.82. The number of nitrogens with one attached hydrogen (secondary N) is 1. The molecular weight excluding hydrogens is 260 g/mol. The fraction of sp³-hybridized carbons (Fsp3) is 0.786. The SMILES string of the molecule is CSC1(CNCc2nc(C(C)(C)C)cs2)CCC1. The van der Waals surface area contributed by atoms with E-state index in [0.717, 1.165) is 13.1 Å². The lowest BCUT2D eigenvalue weighted by Gasteiger charge is -2.40. The zero-order valence-corrected chi connectivity index (χ0v) is 13.5. The van der Waals surface area contributed by atoms with E-state index in [1.807, 2.05) is 11.8 Å². The van der Waals surface area contributed by atoms with Crippen molar-refractivity contribution in [1.29, 1.82) is 0 Å². The summed E-state index contributed by atoms with van der Waals surface area (Å²) in [4.78, 5) is 4.72. The summed E-state index contributed by atoms with van der Waals surface area (Å²) in [5.41, 5.74) is 1.39. The van der Waals surface area contributed by atoms with Crippen LogP contribution in [-0.4, -0.2) is 22.5 Å². The second-order valence-electron chi connectivity index (χ2n) is 6.22. The minimum Gasteiger partial charge on any atom is -0.309 e. The summed E-state index contributed by atoms with van der Waals surface area (Å²) in [7, 11) is 0. The molecule has 1 aliphatic rings. The van der Waals surface area contributed by atoms with Gasteiger partial charge >= 0.3 is 0 Å². The Morgan fingerprint density at radius 2 is 2.17 bits per heavy atom. The van der Waals surface area contributed by atoms with Gasteiger partial charge in [0.05, 0.1) is 5.69 Å². The molecule has 4 heteroatoms. The van der Waals surface area contributed by atoms with Gasteiger partial charge in [0.1, 0.15) is 5.01 Å². The highest BCUT2D eigenvalue weighted by Gasteiger charge is 2.35. The van der Waals surface area contributed by atoms with Crippen LogP contribution >= 0.6 is 23.1 Å². The molecule has 1 fully saturated rings. The highest BCUT2D eigenvalue weighted by Crippen LogP contribution is 2.42. The third-order valence-corrected chi connectivity index (χ3v) is 6.01. The van der Waals surface area contributed by atoms with Crippen LogP contribution in [-0.2, 0) is 12.0 Å². The maximum absolute atomic E-state index is 4.72. The smallest absolute Gasteiger partial charge is 0.107 e. The van der Waals surface area contributed by atoms with Crippen molar-refractivity contribution in [2.24, 2.45) is 0 Å². The Kier molecular flexibility index (Phi) is 4.40. The van der Waals surface area contributed by atoms with Crippen LogP contribution in [0.25, 0.3) is 0 Å². The number of aromatic nitrogens is 1. The van der Waals surface area contributed by atoms with Crippen molar-refractivity contribution in [3.05, 3.63) is 16.1 Å². The van der Waals surface area contributed by atoms with E-state index in [9.17, 15) is 0 Å². The van der Waals surface area contributed by atoms with Crippen LogP contribution < -0.4 is 5.32 Å².